The third-order valence-corrected chi connectivity index (χ3v) is 5.82. The number of nitrogens with zero attached hydrogens (tertiary/aromatic N) is 2. The molecule has 7 nitrogen and oxygen atoms in total. The first-order chi connectivity index (χ1) is 14.5. The van der Waals surface area contributed by atoms with Crippen LogP contribution in [0.5, 0.6) is 11.5 Å². The largest absolute Gasteiger partial charge is 0.497 e. The fraction of sp³-hybridized carbons (Fsp3) is 0.652. The molecule has 2 heterocycles. The first-order valence-corrected chi connectivity index (χ1v) is 11.0. The maximum Gasteiger partial charge on any atom is 0.257 e. The zero-order valence-electron chi connectivity index (χ0n) is 18.4. The molecule has 0 aliphatic carbocycles. The Morgan fingerprint density at radius 3 is 2.50 bits per heavy atom. The normalized spacial score (nSPS) is 20.2. The van der Waals surface area contributed by atoms with E-state index in [0.717, 1.165) is 45.3 Å². The molecular weight excluding hydrogens is 384 g/mol. The van der Waals surface area contributed by atoms with E-state index in [0.29, 0.717) is 36.7 Å². The van der Waals surface area contributed by atoms with E-state index in [-0.39, 0.29) is 24.0 Å². The SMILES string of the molecule is CCCOC1CCCN(C(=O)c2cc(OC)ccc2OC2CCN(C(C)=O)CC2)C1. The lowest BCUT2D eigenvalue weighted by Gasteiger charge is -2.34. The Kier molecular flexibility index (Phi) is 7.96. The zero-order valence-corrected chi connectivity index (χ0v) is 18.4. The van der Waals surface area contributed by atoms with Crippen LogP contribution in [0.15, 0.2) is 18.2 Å². The minimum atomic E-state index is -0.0464. The summed E-state index contributed by atoms with van der Waals surface area (Å²) in [6, 6.07) is 5.40. The molecule has 166 valence electrons. The molecule has 2 amide bonds. The second kappa shape index (κ2) is 10.7. The first-order valence-electron chi connectivity index (χ1n) is 11.0. The van der Waals surface area contributed by atoms with Gasteiger partial charge in [0.25, 0.3) is 5.91 Å². The van der Waals surface area contributed by atoms with Crippen molar-refractivity contribution in [1.29, 1.82) is 0 Å². The molecule has 2 aliphatic rings. The Morgan fingerprint density at radius 2 is 1.83 bits per heavy atom. The van der Waals surface area contributed by atoms with Crippen molar-refractivity contribution in [3.05, 3.63) is 23.8 Å². The molecule has 0 aromatic heterocycles. The van der Waals surface area contributed by atoms with Gasteiger partial charge in [-0.15, -0.1) is 0 Å². The quantitative estimate of drug-likeness (QED) is 0.681. The van der Waals surface area contributed by atoms with Crippen molar-refractivity contribution in [2.45, 2.75) is 58.2 Å². The van der Waals surface area contributed by atoms with Crippen molar-refractivity contribution < 1.29 is 23.8 Å². The lowest BCUT2D eigenvalue weighted by atomic mass is 10.0. The van der Waals surface area contributed by atoms with E-state index in [1.807, 2.05) is 21.9 Å². The van der Waals surface area contributed by atoms with Crippen LogP contribution in [0.4, 0.5) is 0 Å². The van der Waals surface area contributed by atoms with Crippen molar-refractivity contribution >= 4 is 11.8 Å². The number of carbonyl (C=O) groups excluding carboxylic acids is 2. The number of amides is 2. The highest BCUT2D eigenvalue weighted by Crippen LogP contribution is 2.29. The van der Waals surface area contributed by atoms with Crippen molar-refractivity contribution in [1.82, 2.24) is 9.80 Å². The van der Waals surface area contributed by atoms with Crippen molar-refractivity contribution in [3.8, 4) is 11.5 Å². The van der Waals surface area contributed by atoms with Gasteiger partial charge in [0, 0.05) is 52.6 Å². The maximum atomic E-state index is 13.4. The summed E-state index contributed by atoms with van der Waals surface area (Å²) in [6.07, 6.45) is 4.49. The first kappa shape index (κ1) is 22.4. The van der Waals surface area contributed by atoms with Gasteiger partial charge in [-0.2, -0.15) is 0 Å². The molecule has 2 aliphatic heterocycles. The molecule has 0 saturated carbocycles. The number of hydrogen-bond donors (Lipinski definition) is 0. The van der Waals surface area contributed by atoms with Gasteiger partial charge in [-0.1, -0.05) is 6.92 Å². The standard InChI is InChI=1S/C23H34N2O5/c1-4-14-29-20-6-5-11-25(16-20)23(27)21-15-19(28-3)7-8-22(21)30-18-9-12-24(13-10-18)17(2)26/h7-8,15,18,20H,4-6,9-14,16H2,1-3H3. The van der Waals surface area contributed by atoms with Gasteiger partial charge in [-0.3, -0.25) is 9.59 Å². The van der Waals surface area contributed by atoms with Gasteiger partial charge >= 0.3 is 0 Å². The summed E-state index contributed by atoms with van der Waals surface area (Å²) < 4.78 is 17.5. The summed E-state index contributed by atoms with van der Waals surface area (Å²) in [4.78, 5) is 28.6. The molecule has 0 N–H and O–H groups in total. The molecule has 1 unspecified atom stereocenters. The molecule has 30 heavy (non-hydrogen) atoms. The van der Waals surface area contributed by atoms with Crippen molar-refractivity contribution in [3.63, 3.8) is 0 Å². The number of benzene rings is 1. The van der Waals surface area contributed by atoms with E-state index in [1.165, 1.54) is 0 Å². The summed E-state index contributed by atoms with van der Waals surface area (Å²) in [5, 5.41) is 0. The van der Waals surface area contributed by atoms with Crippen molar-refractivity contribution in [2.75, 3.05) is 39.9 Å². The molecule has 0 radical (unpaired) electrons. The van der Waals surface area contributed by atoms with Crippen LogP contribution in [-0.2, 0) is 9.53 Å². The van der Waals surface area contributed by atoms with Gasteiger partial charge in [0.1, 0.15) is 17.6 Å². The Bertz CT molecular complexity index is 730. The molecular formula is C23H34N2O5. The van der Waals surface area contributed by atoms with Crippen LogP contribution >= 0.6 is 0 Å². The number of likely N-dealkylation sites (tertiary alicyclic amines) is 2. The van der Waals surface area contributed by atoms with Crippen LogP contribution in [0.3, 0.4) is 0 Å². The number of hydrogen-bond acceptors (Lipinski definition) is 5. The predicted octanol–water partition coefficient (Wildman–Crippen LogP) is 3.12. The van der Waals surface area contributed by atoms with E-state index >= 15 is 0 Å². The van der Waals surface area contributed by atoms with Crippen LogP contribution in [0.1, 0.15) is 56.3 Å². The van der Waals surface area contributed by atoms with Crippen LogP contribution < -0.4 is 9.47 Å². The highest BCUT2D eigenvalue weighted by molar-refractivity contribution is 5.97. The summed E-state index contributed by atoms with van der Waals surface area (Å²) >= 11 is 0. The fourth-order valence-electron chi connectivity index (χ4n) is 4.09. The van der Waals surface area contributed by atoms with Gasteiger partial charge in [0.15, 0.2) is 0 Å². The number of carbonyl (C=O) groups is 2. The van der Waals surface area contributed by atoms with Crippen molar-refractivity contribution in [2.24, 2.45) is 0 Å². The minimum absolute atomic E-state index is 0.0115. The topological polar surface area (TPSA) is 68.3 Å². The average molecular weight is 419 g/mol. The van der Waals surface area contributed by atoms with Crippen LogP contribution in [0.2, 0.25) is 0 Å². The van der Waals surface area contributed by atoms with E-state index in [9.17, 15) is 9.59 Å². The van der Waals surface area contributed by atoms with Gasteiger partial charge in [0.2, 0.25) is 5.91 Å². The lowest BCUT2D eigenvalue weighted by Crippen LogP contribution is -2.43. The van der Waals surface area contributed by atoms with Crippen LogP contribution in [0.25, 0.3) is 0 Å². The van der Waals surface area contributed by atoms with Gasteiger partial charge < -0.3 is 24.0 Å². The number of ether oxygens (including phenoxy) is 3. The molecule has 1 aromatic rings. The minimum Gasteiger partial charge on any atom is -0.497 e. The number of rotatable bonds is 7. The van der Waals surface area contributed by atoms with Gasteiger partial charge in [-0.05, 0) is 37.5 Å². The molecule has 7 heteroatoms. The summed E-state index contributed by atoms with van der Waals surface area (Å²) in [6.45, 7) is 7.10. The monoisotopic (exact) mass is 418 g/mol. The van der Waals surface area contributed by atoms with E-state index < -0.39 is 0 Å². The van der Waals surface area contributed by atoms with E-state index in [1.54, 1.807) is 20.1 Å². The zero-order chi connectivity index (χ0) is 21.5. The third kappa shape index (κ3) is 5.65. The number of piperidine rings is 2. The van der Waals surface area contributed by atoms with Crippen LogP contribution in [0, 0.1) is 0 Å². The average Bonchev–Trinajstić information content (AvgIpc) is 2.78. The Balaban J connectivity index is 1.71. The van der Waals surface area contributed by atoms with Crippen LogP contribution in [-0.4, -0.2) is 73.7 Å². The molecule has 2 saturated heterocycles. The molecule has 0 bridgehead atoms. The van der Waals surface area contributed by atoms with E-state index in [4.69, 9.17) is 14.2 Å². The predicted molar refractivity (Wildman–Crippen MR) is 114 cm³/mol. The smallest absolute Gasteiger partial charge is 0.257 e. The molecule has 3 rings (SSSR count). The molecule has 0 spiro atoms. The Hall–Kier alpha value is -2.28. The van der Waals surface area contributed by atoms with Gasteiger partial charge in [0.05, 0.1) is 18.8 Å². The Labute approximate surface area is 179 Å². The summed E-state index contributed by atoms with van der Waals surface area (Å²) in [5.74, 6) is 1.26. The fourth-order valence-corrected chi connectivity index (χ4v) is 4.09. The second-order valence-electron chi connectivity index (χ2n) is 8.07. The molecule has 2 fully saturated rings. The second-order valence-corrected chi connectivity index (χ2v) is 8.07. The lowest BCUT2D eigenvalue weighted by molar-refractivity contribution is -0.130. The maximum absolute atomic E-state index is 13.4. The molecule has 1 aromatic carbocycles. The summed E-state index contributed by atoms with van der Waals surface area (Å²) in [5.41, 5.74) is 0.527. The Morgan fingerprint density at radius 1 is 1.07 bits per heavy atom. The van der Waals surface area contributed by atoms with E-state index in [2.05, 4.69) is 6.92 Å². The van der Waals surface area contributed by atoms with Gasteiger partial charge in [-0.25, -0.2) is 0 Å². The third-order valence-electron chi connectivity index (χ3n) is 5.82. The molecule has 1 atom stereocenters. The highest BCUT2D eigenvalue weighted by atomic mass is 16.5. The highest BCUT2D eigenvalue weighted by Gasteiger charge is 2.29. The number of methoxy groups -OCH3 is 1. The summed E-state index contributed by atoms with van der Waals surface area (Å²) in [7, 11) is 1.59.